The van der Waals surface area contributed by atoms with Gasteiger partial charge >= 0.3 is 12.0 Å². The van der Waals surface area contributed by atoms with Gasteiger partial charge in [0, 0.05) is 18.5 Å². The van der Waals surface area contributed by atoms with Crippen molar-refractivity contribution in [3.8, 4) is 0 Å². The standard InChI is InChI=1S/C22H28BF2NO3/c23-18-8-4-7-17(15-18)22(24,25)20(27)10-9-19-12-14-29-21(28)26(19)13-11-16-5-2-1-3-6-16/h4,7-10,15-16,19-20,27H,1-3,5-6,11-14H2/b10-9+/t19-,20+/m0/s1. The van der Waals surface area contributed by atoms with Gasteiger partial charge in [-0.15, -0.1) is 0 Å². The highest BCUT2D eigenvalue weighted by atomic mass is 19.3. The highest BCUT2D eigenvalue weighted by Gasteiger charge is 2.39. The number of nitrogens with zero attached hydrogens (tertiary/aromatic N) is 1. The molecule has 156 valence electrons. The maximum absolute atomic E-state index is 14.6. The molecular formula is C22H28BF2NO3. The van der Waals surface area contributed by atoms with E-state index in [9.17, 15) is 18.7 Å². The SMILES string of the molecule is [B]c1cccc(C(F)(F)[C@H](O)/C=C/[C@H]2CCOC(=O)N2CCC2CCCCC2)c1. The molecule has 1 aromatic rings. The van der Waals surface area contributed by atoms with Crippen molar-refractivity contribution in [2.45, 2.75) is 63.0 Å². The summed E-state index contributed by atoms with van der Waals surface area (Å²) >= 11 is 0. The molecule has 2 radical (unpaired) electrons. The van der Waals surface area contributed by atoms with Crippen LogP contribution in [0, 0.1) is 5.92 Å². The summed E-state index contributed by atoms with van der Waals surface area (Å²) in [6, 6.07) is 4.98. The van der Waals surface area contributed by atoms with Crippen molar-refractivity contribution in [3.63, 3.8) is 0 Å². The van der Waals surface area contributed by atoms with E-state index in [-0.39, 0.29) is 23.7 Å². The van der Waals surface area contributed by atoms with Gasteiger partial charge in [-0.25, -0.2) is 4.79 Å². The topological polar surface area (TPSA) is 49.8 Å². The number of alkyl halides is 2. The van der Waals surface area contributed by atoms with E-state index >= 15 is 0 Å². The zero-order valence-corrected chi connectivity index (χ0v) is 16.6. The van der Waals surface area contributed by atoms with E-state index in [0.29, 0.717) is 18.9 Å². The first-order chi connectivity index (χ1) is 13.9. The molecule has 2 atom stereocenters. The molecule has 0 aromatic heterocycles. The number of hydrogen-bond acceptors (Lipinski definition) is 3. The van der Waals surface area contributed by atoms with Crippen LogP contribution in [-0.4, -0.2) is 49.2 Å². The Morgan fingerprint density at radius 2 is 2.03 bits per heavy atom. The summed E-state index contributed by atoms with van der Waals surface area (Å²) in [6.45, 7) is 0.787. The van der Waals surface area contributed by atoms with Gasteiger partial charge < -0.3 is 14.7 Å². The van der Waals surface area contributed by atoms with Gasteiger partial charge in [0.2, 0.25) is 0 Å². The fourth-order valence-electron chi connectivity index (χ4n) is 4.17. The van der Waals surface area contributed by atoms with Gasteiger partial charge in [-0.2, -0.15) is 8.78 Å². The number of amides is 1. The summed E-state index contributed by atoms with van der Waals surface area (Å²) in [6.07, 6.45) is 7.64. The minimum atomic E-state index is -3.48. The summed E-state index contributed by atoms with van der Waals surface area (Å²) < 4.78 is 34.3. The second-order valence-electron chi connectivity index (χ2n) is 8.03. The number of aliphatic hydroxyl groups excluding tert-OH is 1. The average Bonchev–Trinajstić information content (AvgIpc) is 2.72. The monoisotopic (exact) mass is 403 g/mol. The Morgan fingerprint density at radius 1 is 1.28 bits per heavy atom. The van der Waals surface area contributed by atoms with Gasteiger partial charge in [-0.3, -0.25) is 0 Å². The molecule has 0 bridgehead atoms. The second kappa shape index (κ2) is 9.74. The van der Waals surface area contributed by atoms with Gasteiger partial charge in [0.1, 0.15) is 14.0 Å². The van der Waals surface area contributed by atoms with Crippen LogP contribution in [0.5, 0.6) is 0 Å². The van der Waals surface area contributed by atoms with Crippen LogP contribution in [0.1, 0.15) is 50.5 Å². The van der Waals surface area contributed by atoms with E-state index in [1.807, 2.05) is 0 Å². The lowest BCUT2D eigenvalue weighted by molar-refractivity contribution is -0.0929. The number of halogens is 2. The van der Waals surface area contributed by atoms with Crippen LogP contribution >= 0.6 is 0 Å². The summed E-state index contributed by atoms with van der Waals surface area (Å²) in [5, 5.41) is 10.1. The van der Waals surface area contributed by atoms with Crippen LogP contribution < -0.4 is 5.46 Å². The maximum atomic E-state index is 14.6. The number of carbonyl (C=O) groups excluding carboxylic acids is 1. The molecule has 1 saturated carbocycles. The number of cyclic esters (lactones) is 1. The number of carbonyl (C=O) groups is 1. The first-order valence-corrected chi connectivity index (χ1v) is 10.4. The van der Waals surface area contributed by atoms with E-state index in [4.69, 9.17) is 12.6 Å². The van der Waals surface area contributed by atoms with Crippen molar-refractivity contribution in [3.05, 3.63) is 42.0 Å². The zero-order chi connectivity index (χ0) is 20.9. The molecule has 0 unspecified atom stereocenters. The normalized spacial score (nSPS) is 22.7. The third-order valence-electron chi connectivity index (χ3n) is 5.94. The number of hydrogen-bond donors (Lipinski definition) is 1. The Bertz CT molecular complexity index is 722. The summed E-state index contributed by atoms with van der Waals surface area (Å²) in [4.78, 5) is 13.8. The molecule has 1 saturated heterocycles. The van der Waals surface area contributed by atoms with E-state index in [0.717, 1.165) is 18.6 Å². The molecule has 4 nitrogen and oxygen atoms in total. The summed E-state index contributed by atoms with van der Waals surface area (Å²) in [5.41, 5.74) is -0.130. The molecule has 1 heterocycles. The predicted octanol–water partition coefficient (Wildman–Crippen LogP) is 3.67. The highest BCUT2D eigenvalue weighted by molar-refractivity contribution is 6.32. The van der Waals surface area contributed by atoms with Crippen LogP contribution in [0.2, 0.25) is 0 Å². The van der Waals surface area contributed by atoms with Crippen molar-refractivity contribution >= 4 is 19.4 Å². The molecule has 7 heteroatoms. The number of aliphatic hydroxyl groups is 1. The lowest BCUT2D eigenvalue weighted by Crippen LogP contribution is -2.45. The molecule has 2 fully saturated rings. The minimum Gasteiger partial charge on any atom is -0.449 e. The highest BCUT2D eigenvalue weighted by Crippen LogP contribution is 2.32. The fourth-order valence-corrected chi connectivity index (χ4v) is 4.17. The van der Waals surface area contributed by atoms with Gasteiger partial charge in [0.15, 0.2) is 0 Å². The number of ether oxygens (including phenoxy) is 1. The molecule has 2 aliphatic rings. The predicted molar refractivity (Wildman–Crippen MR) is 109 cm³/mol. The molecule has 1 N–H and O–H groups in total. The fraction of sp³-hybridized carbons (Fsp3) is 0.591. The average molecular weight is 403 g/mol. The Kier molecular flexibility index (Phi) is 7.33. The smallest absolute Gasteiger partial charge is 0.410 e. The Morgan fingerprint density at radius 3 is 2.76 bits per heavy atom. The van der Waals surface area contributed by atoms with Crippen molar-refractivity contribution in [1.82, 2.24) is 4.90 Å². The third kappa shape index (κ3) is 5.59. The van der Waals surface area contributed by atoms with Crippen molar-refractivity contribution in [2.24, 2.45) is 5.92 Å². The lowest BCUT2D eigenvalue weighted by Gasteiger charge is -2.35. The maximum Gasteiger partial charge on any atom is 0.410 e. The Balaban J connectivity index is 1.64. The van der Waals surface area contributed by atoms with E-state index in [2.05, 4.69) is 0 Å². The van der Waals surface area contributed by atoms with Crippen LogP contribution in [0.3, 0.4) is 0 Å². The van der Waals surface area contributed by atoms with Crippen molar-refractivity contribution < 1.29 is 23.4 Å². The van der Waals surface area contributed by atoms with E-state index in [1.54, 1.807) is 4.90 Å². The summed E-state index contributed by atoms with van der Waals surface area (Å²) in [5.74, 6) is -2.88. The summed E-state index contributed by atoms with van der Waals surface area (Å²) in [7, 11) is 5.58. The first kappa shape index (κ1) is 21.8. The molecule has 1 aromatic carbocycles. The van der Waals surface area contributed by atoms with Crippen molar-refractivity contribution in [1.29, 1.82) is 0 Å². The van der Waals surface area contributed by atoms with Gasteiger partial charge in [-0.1, -0.05) is 74.0 Å². The van der Waals surface area contributed by atoms with Crippen LogP contribution in [0.25, 0.3) is 0 Å². The first-order valence-electron chi connectivity index (χ1n) is 10.4. The minimum absolute atomic E-state index is 0.210. The van der Waals surface area contributed by atoms with Gasteiger partial charge in [-0.05, 0) is 12.3 Å². The molecular weight excluding hydrogens is 375 g/mol. The third-order valence-corrected chi connectivity index (χ3v) is 5.94. The van der Waals surface area contributed by atoms with Crippen LogP contribution in [0.4, 0.5) is 13.6 Å². The molecule has 3 rings (SSSR count). The van der Waals surface area contributed by atoms with Gasteiger partial charge in [0.25, 0.3) is 0 Å². The molecule has 1 amide bonds. The van der Waals surface area contributed by atoms with Crippen molar-refractivity contribution in [2.75, 3.05) is 13.2 Å². The molecule has 1 aliphatic heterocycles. The van der Waals surface area contributed by atoms with Crippen LogP contribution in [0.15, 0.2) is 36.4 Å². The molecule has 29 heavy (non-hydrogen) atoms. The Labute approximate surface area is 172 Å². The van der Waals surface area contributed by atoms with E-state index < -0.39 is 18.1 Å². The van der Waals surface area contributed by atoms with E-state index in [1.165, 1.54) is 56.4 Å². The second-order valence-corrected chi connectivity index (χ2v) is 8.03. The Hall–Kier alpha value is -1.89. The largest absolute Gasteiger partial charge is 0.449 e. The number of benzene rings is 1. The quantitative estimate of drug-likeness (QED) is 0.559. The molecule has 1 aliphatic carbocycles. The van der Waals surface area contributed by atoms with Crippen LogP contribution in [-0.2, 0) is 10.7 Å². The number of rotatable bonds is 7. The van der Waals surface area contributed by atoms with Gasteiger partial charge in [0.05, 0.1) is 12.6 Å². The molecule has 0 spiro atoms. The lowest BCUT2D eigenvalue weighted by atomic mass is 9.87. The zero-order valence-electron chi connectivity index (χ0n) is 16.6.